The minimum Gasteiger partial charge on any atom is -0.462 e. The molecule has 0 aliphatic heterocycles. The first-order chi connectivity index (χ1) is 49.7. The van der Waals surface area contributed by atoms with Crippen LogP contribution in [0.3, 0.4) is 0 Å². The molecule has 3 N–H and O–H groups in total. The van der Waals surface area contributed by atoms with Gasteiger partial charge < -0.3 is 33.8 Å². The number of esters is 4. The molecular formula is C83H162O17P2. The molecule has 0 rings (SSSR count). The van der Waals surface area contributed by atoms with Gasteiger partial charge in [-0.1, -0.05) is 400 Å². The third-order valence-electron chi connectivity index (χ3n) is 19.6. The Balaban J connectivity index is 5.17. The molecule has 0 aromatic heterocycles. The summed E-state index contributed by atoms with van der Waals surface area (Å²) in [6, 6.07) is 0. The Morgan fingerprint density at radius 3 is 0.578 bits per heavy atom. The summed E-state index contributed by atoms with van der Waals surface area (Å²) in [7, 11) is -9.91. The number of hydrogen-bond donors (Lipinski definition) is 3. The van der Waals surface area contributed by atoms with Crippen molar-refractivity contribution < 1.29 is 80.2 Å². The van der Waals surface area contributed by atoms with Crippen molar-refractivity contribution in [3.8, 4) is 0 Å². The van der Waals surface area contributed by atoms with Gasteiger partial charge in [0.1, 0.15) is 19.3 Å². The highest BCUT2D eigenvalue weighted by molar-refractivity contribution is 7.47. The normalized spacial score (nSPS) is 13.8. The molecule has 0 heterocycles. The molecule has 102 heavy (non-hydrogen) atoms. The second-order valence-corrected chi connectivity index (χ2v) is 32.8. The van der Waals surface area contributed by atoms with Crippen LogP contribution in [0.5, 0.6) is 0 Å². The zero-order valence-corrected chi connectivity index (χ0v) is 68.4. The molecule has 0 aliphatic carbocycles. The molecule has 5 atom stereocenters. The van der Waals surface area contributed by atoms with Crippen molar-refractivity contribution in [2.24, 2.45) is 0 Å². The third-order valence-corrected chi connectivity index (χ3v) is 21.5. The van der Waals surface area contributed by atoms with Crippen LogP contribution in [0.4, 0.5) is 0 Å². The molecule has 17 nitrogen and oxygen atoms in total. The van der Waals surface area contributed by atoms with Crippen molar-refractivity contribution in [1.29, 1.82) is 0 Å². The fraction of sp³-hybridized carbons (Fsp3) is 0.952. The highest BCUT2D eigenvalue weighted by atomic mass is 31.2. The Morgan fingerprint density at radius 2 is 0.392 bits per heavy atom. The maximum Gasteiger partial charge on any atom is 0.472 e. The summed E-state index contributed by atoms with van der Waals surface area (Å²) in [5, 5.41) is 10.6. The van der Waals surface area contributed by atoms with E-state index in [4.69, 9.17) is 37.0 Å². The van der Waals surface area contributed by atoms with Crippen molar-refractivity contribution in [3.05, 3.63) is 0 Å². The van der Waals surface area contributed by atoms with Crippen LogP contribution in [0, 0.1) is 0 Å². The number of phosphoric ester groups is 2. The molecule has 0 saturated heterocycles. The van der Waals surface area contributed by atoms with E-state index in [1.807, 2.05) is 0 Å². The lowest BCUT2D eigenvalue weighted by atomic mass is 10.0. The van der Waals surface area contributed by atoms with Gasteiger partial charge in [0, 0.05) is 25.7 Å². The third kappa shape index (κ3) is 76.3. The SMILES string of the molecule is CCCCCCCCCCCCCCCCCCCCCCCC(=O)O[C@H](COC(=O)CCCCCCCCCCCCCCCCCCCCCC)COP(=O)(O)OC[C@@H](O)COP(=O)(O)OC[C@@H](COC(=O)CCCCCCCCCC)OC(=O)CCCCCCCCCCCCCCC. The van der Waals surface area contributed by atoms with Gasteiger partial charge in [-0.15, -0.1) is 0 Å². The van der Waals surface area contributed by atoms with E-state index in [1.54, 1.807) is 0 Å². The van der Waals surface area contributed by atoms with Crippen molar-refractivity contribution in [2.45, 2.75) is 470 Å². The first kappa shape index (κ1) is 100. The van der Waals surface area contributed by atoms with Gasteiger partial charge in [0.05, 0.1) is 26.4 Å². The summed E-state index contributed by atoms with van der Waals surface area (Å²) in [6.45, 7) is 5.01. The summed E-state index contributed by atoms with van der Waals surface area (Å²) < 4.78 is 68.7. The Morgan fingerprint density at radius 1 is 0.235 bits per heavy atom. The Kier molecular flexibility index (Phi) is 75.8. The Hall–Kier alpha value is -1.94. The van der Waals surface area contributed by atoms with E-state index < -0.39 is 97.5 Å². The maximum absolute atomic E-state index is 13.1. The van der Waals surface area contributed by atoms with Gasteiger partial charge in [0.2, 0.25) is 0 Å². The number of aliphatic hydroxyl groups excluding tert-OH is 1. The summed E-state index contributed by atoms with van der Waals surface area (Å²) in [5.41, 5.74) is 0. The standard InChI is InChI=1S/C83H162O17P2/c1-5-9-13-17-21-25-28-31-33-35-37-39-41-43-45-48-51-54-58-62-66-70-83(88)100-79(74-94-81(86)68-64-60-56-52-49-47-44-42-40-38-36-34-32-29-26-22-18-14-10-6-2)76-98-102(91,92)96-72-77(84)71-95-101(89,90)97-75-78(73-93-80(85)67-63-59-55-24-20-16-12-8-4)99-82(87)69-65-61-57-53-50-46-30-27-23-19-15-11-7-3/h77-79,84H,5-76H2,1-4H3,(H,89,90)(H,91,92)/t77-,78+,79+/m0/s1. The van der Waals surface area contributed by atoms with Crippen LogP contribution in [0.1, 0.15) is 451 Å². The largest absolute Gasteiger partial charge is 0.472 e. The van der Waals surface area contributed by atoms with E-state index in [0.29, 0.717) is 25.7 Å². The zero-order valence-electron chi connectivity index (χ0n) is 66.6. The van der Waals surface area contributed by atoms with Gasteiger partial charge in [-0.05, 0) is 25.7 Å². The quantitative estimate of drug-likeness (QED) is 0.0222. The predicted octanol–water partition coefficient (Wildman–Crippen LogP) is 25.4. The summed E-state index contributed by atoms with van der Waals surface area (Å²) >= 11 is 0. The van der Waals surface area contributed by atoms with Crippen molar-refractivity contribution in [1.82, 2.24) is 0 Å². The second-order valence-electron chi connectivity index (χ2n) is 29.9. The average Bonchev–Trinajstić information content (AvgIpc) is 0.923. The number of carbonyl (C=O) groups is 4. The van der Waals surface area contributed by atoms with Gasteiger partial charge in [0.15, 0.2) is 12.2 Å². The summed E-state index contributed by atoms with van der Waals surface area (Å²) in [4.78, 5) is 73.0. The predicted molar refractivity (Wildman–Crippen MR) is 419 cm³/mol. The summed E-state index contributed by atoms with van der Waals surface area (Å²) in [6.07, 6.45) is 71.0. The molecule has 0 fully saturated rings. The van der Waals surface area contributed by atoms with Crippen molar-refractivity contribution in [3.63, 3.8) is 0 Å². The number of ether oxygens (including phenoxy) is 4. The van der Waals surface area contributed by atoms with Crippen LogP contribution in [0.2, 0.25) is 0 Å². The van der Waals surface area contributed by atoms with E-state index >= 15 is 0 Å². The average molecular weight is 1490 g/mol. The minimum absolute atomic E-state index is 0.108. The van der Waals surface area contributed by atoms with Gasteiger partial charge >= 0.3 is 39.5 Å². The smallest absolute Gasteiger partial charge is 0.462 e. The molecule has 0 radical (unpaired) electrons. The van der Waals surface area contributed by atoms with Crippen molar-refractivity contribution in [2.75, 3.05) is 39.6 Å². The van der Waals surface area contributed by atoms with Gasteiger partial charge in [-0.25, -0.2) is 9.13 Å². The van der Waals surface area contributed by atoms with Gasteiger partial charge in [-0.2, -0.15) is 0 Å². The minimum atomic E-state index is -4.96. The monoisotopic (exact) mass is 1490 g/mol. The van der Waals surface area contributed by atoms with Crippen LogP contribution in [0.15, 0.2) is 0 Å². The number of rotatable bonds is 84. The lowest BCUT2D eigenvalue weighted by Crippen LogP contribution is -2.30. The van der Waals surface area contributed by atoms with E-state index in [1.165, 1.54) is 283 Å². The number of carbonyl (C=O) groups excluding carboxylic acids is 4. The molecule has 0 aromatic rings. The topological polar surface area (TPSA) is 237 Å². The lowest BCUT2D eigenvalue weighted by Gasteiger charge is -2.21. The second kappa shape index (κ2) is 77.2. The first-order valence-corrected chi connectivity index (χ1v) is 46.3. The van der Waals surface area contributed by atoms with E-state index in [-0.39, 0.29) is 25.7 Å². The van der Waals surface area contributed by atoms with E-state index in [0.717, 1.165) is 89.9 Å². The number of unbranched alkanes of at least 4 members (excludes halogenated alkanes) is 58. The molecule has 0 aliphatic rings. The molecule has 19 heteroatoms. The molecule has 0 spiro atoms. The van der Waals surface area contributed by atoms with Crippen LogP contribution in [0.25, 0.3) is 0 Å². The fourth-order valence-corrected chi connectivity index (χ4v) is 14.6. The zero-order chi connectivity index (χ0) is 74.6. The number of phosphoric acid groups is 2. The fourth-order valence-electron chi connectivity index (χ4n) is 13.0. The maximum atomic E-state index is 13.1. The highest BCUT2D eigenvalue weighted by Crippen LogP contribution is 2.45. The highest BCUT2D eigenvalue weighted by Gasteiger charge is 2.30. The van der Waals surface area contributed by atoms with Crippen LogP contribution in [-0.4, -0.2) is 96.7 Å². The van der Waals surface area contributed by atoms with Crippen LogP contribution < -0.4 is 0 Å². The molecule has 0 saturated carbocycles. The molecule has 0 bridgehead atoms. The van der Waals surface area contributed by atoms with Crippen LogP contribution in [-0.2, 0) is 65.4 Å². The number of aliphatic hydroxyl groups is 1. The molecule has 2 unspecified atom stereocenters. The van der Waals surface area contributed by atoms with E-state index in [2.05, 4.69) is 27.7 Å². The van der Waals surface area contributed by atoms with Crippen LogP contribution >= 0.6 is 15.6 Å². The van der Waals surface area contributed by atoms with E-state index in [9.17, 15) is 43.2 Å². The molecule has 606 valence electrons. The molecule has 0 amide bonds. The Bertz CT molecular complexity index is 1930. The Labute approximate surface area is 626 Å². The number of hydrogen-bond acceptors (Lipinski definition) is 15. The first-order valence-electron chi connectivity index (χ1n) is 43.3. The van der Waals surface area contributed by atoms with Crippen molar-refractivity contribution >= 4 is 39.5 Å². The van der Waals surface area contributed by atoms with Gasteiger partial charge in [-0.3, -0.25) is 37.3 Å². The lowest BCUT2D eigenvalue weighted by molar-refractivity contribution is -0.161. The van der Waals surface area contributed by atoms with Gasteiger partial charge in [0.25, 0.3) is 0 Å². The molecular weight excluding hydrogens is 1330 g/mol. The summed E-state index contributed by atoms with van der Waals surface area (Å²) in [5.74, 6) is -2.11. The molecule has 0 aromatic carbocycles.